The Kier molecular flexibility index (Phi) is 4.26. The number of hydrogen-bond donors (Lipinski definition) is 3. The van der Waals surface area contributed by atoms with Gasteiger partial charge in [0.1, 0.15) is 11.6 Å². The van der Waals surface area contributed by atoms with E-state index in [0.29, 0.717) is 28.0 Å². The maximum absolute atomic E-state index is 12.6. The van der Waals surface area contributed by atoms with Gasteiger partial charge >= 0.3 is 0 Å². The number of amides is 1. The summed E-state index contributed by atoms with van der Waals surface area (Å²) in [7, 11) is -1.96. The van der Waals surface area contributed by atoms with E-state index in [1.807, 2.05) is 6.07 Å². The lowest BCUT2D eigenvalue weighted by Gasteiger charge is -2.09. The molecular formula is C19H20N4O4S. The van der Waals surface area contributed by atoms with E-state index in [9.17, 15) is 13.2 Å². The molecule has 0 unspecified atom stereocenters. The van der Waals surface area contributed by atoms with Crippen LogP contribution in [0.5, 0.6) is 0 Å². The number of hydrogen-bond acceptors (Lipinski definition) is 6. The fraction of sp³-hybridized carbons (Fsp3) is 0.263. The number of carbonyl (C=O) groups excluding carboxylic acids is 1. The summed E-state index contributed by atoms with van der Waals surface area (Å²) < 4.78 is 31.9. The Bertz CT molecular complexity index is 1180. The Morgan fingerprint density at radius 2 is 1.93 bits per heavy atom. The van der Waals surface area contributed by atoms with Gasteiger partial charge in [-0.05, 0) is 54.7 Å². The molecule has 0 atom stereocenters. The van der Waals surface area contributed by atoms with E-state index in [1.54, 1.807) is 31.3 Å². The molecule has 146 valence electrons. The largest absolute Gasteiger partial charge is 0.437 e. The predicted octanol–water partition coefficient (Wildman–Crippen LogP) is 2.69. The molecule has 2 heterocycles. The molecule has 0 bridgehead atoms. The van der Waals surface area contributed by atoms with Crippen LogP contribution in [0.3, 0.4) is 0 Å². The topological polar surface area (TPSA) is 127 Å². The molecule has 8 nitrogen and oxygen atoms in total. The summed E-state index contributed by atoms with van der Waals surface area (Å²) in [5.41, 5.74) is 8.36. The van der Waals surface area contributed by atoms with Crippen LogP contribution in [0.25, 0.3) is 22.4 Å². The van der Waals surface area contributed by atoms with Crippen molar-refractivity contribution in [2.45, 2.75) is 18.8 Å². The third-order valence-corrected chi connectivity index (χ3v) is 5.20. The van der Waals surface area contributed by atoms with E-state index in [0.717, 1.165) is 24.7 Å². The second-order valence-electron chi connectivity index (χ2n) is 6.93. The van der Waals surface area contributed by atoms with E-state index in [4.69, 9.17) is 10.2 Å². The molecule has 1 aliphatic carbocycles. The predicted molar refractivity (Wildman–Crippen MR) is 108 cm³/mol. The summed E-state index contributed by atoms with van der Waals surface area (Å²) in [6.07, 6.45) is 2.97. The van der Waals surface area contributed by atoms with Crippen molar-refractivity contribution in [1.29, 1.82) is 0 Å². The first-order chi connectivity index (χ1) is 13.3. The Hall–Kier alpha value is -3.07. The van der Waals surface area contributed by atoms with Crippen LogP contribution in [0.1, 0.15) is 34.7 Å². The minimum atomic E-state index is -3.50. The standard InChI is InChI=1S/C19H20N4O4S/c1-21-18(24)15-14-9-13(10-3-4-10)17(23-28(2,25)26)22-19(14)27-16(15)11-5-7-12(20)8-6-11/h5-10H,3-4,20H2,1-2H3,(H,21,24)(H,22,23). The van der Waals surface area contributed by atoms with E-state index < -0.39 is 10.0 Å². The number of anilines is 2. The summed E-state index contributed by atoms with van der Waals surface area (Å²) >= 11 is 0. The molecule has 28 heavy (non-hydrogen) atoms. The molecule has 0 radical (unpaired) electrons. The number of fused-ring (bicyclic) bond motifs is 1. The zero-order chi connectivity index (χ0) is 20.1. The fourth-order valence-electron chi connectivity index (χ4n) is 3.19. The highest BCUT2D eigenvalue weighted by atomic mass is 32.2. The quantitative estimate of drug-likeness (QED) is 0.565. The number of sulfonamides is 1. The van der Waals surface area contributed by atoms with Gasteiger partial charge in [0.05, 0.1) is 17.2 Å². The SMILES string of the molecule is CNC(=O)c1c(-c2ccc(N)cc2)oc2nc(NS(C)(=O)=O)c(C3CC3)cc12. The molecule has 4 rings (SSSR count). The number of furan rings is 1. The number of nitrogens with one attached hydrogen (secondary N) is 2. The number of benzene rings is 1. The molecule has 1 amide bonds. The molecule has 2 aromatic heterocycles. The minimum absolute atomic E-state index is 0.195. The van der Waals surface area contributed by atoms with Gasteiger partial charge in [-0.25, -0.2) is 8.42 Å². The number of aromatic nitrogens is 1. The first-order valence-electron chi connectivity index (χ1n) is 8.80. The highest BCUT2D eigenvalue weighted by molar-refractivity contribution is 7.92. The average Bonchev–Trinajstić information content (AvgIpc) is 3.41. The highest BCUT2D eigenvalue weighted by Gasteiger charge is 2.31. The monoisotopic (exact) mass is 400 g/mol. The van der Waals surface area contributed by atoms with Gasteiger partial charge in [-0.3, -0.25) is 9.52 Å². The van der Waals surface area contributed by atoms with Crippen molar-refractivity contribution in [1.82, 2.24) is 10.3 Å². The summed E-state index contributed by atoms with van der Waals surface area (Å²) in [5.74, 6) is 0.519. The number of nitrogens with zero attached hydrogens (tertiary/aromatic N) is 1. The Morgan fingerprint density at radius 3 is 2.50 bits per heavy atom. The molecule has 0 saturated heterocycles. The molecule has 1 aromatic carbocycles. The summed E-state index contributed by atoms with van der Waals surface area (Å²) in [6, 6.07) is 8.77. The smallest absolute Gasteiger partial charge is 0.255 e. The lowest BCUT2D eigenvalue weighted by Crippen LogP contribution is -2.18. The average molecular weight is 400 g/mol. The third kappa shape index (κ3) is 3.40. The van der Waals surface area contributed by atoms with Gasteiger partial charge in [-0.1, -0.05) is 0 Å². The van der Waals surface area contributed by atoms with Crippen LogP contribution in [0.15, 0.2) is 34.7 Å². The molecule has 0 aliphatic heterocycles. The number of pyridine rings is 1. The van der Waals surface area contributed by atoms with Crippen molar-refractivity contribution >= 4 is 38.5 Å². The molecule has 1 aliphatic rings. The van der Waals surface area contributed by atoms with Gasteiger partial charge in [0.15, 0.2) is 0 Å². The maximum Gasteiger partial charge on any atom is 0.255 e. The van der Waals surface area contributed by atoms with Crippen LogP contribution in [0, 0.1) is 0 Å². The maximum atomic E-state index is 12.6. The molecule has 1 saturated carbocycles. The zero-order valence-electron chi connectivity index (χ0n) is 15.4. The van der Waals surface area contributed by atoms with Crippen LogP contribution in [0.4, 0.5) is 11.5 Å². The minimum Gasteiger partial charge on any atom is -0.437 e. The third-order valence-electron chi connectivity index (χ3n) is 4.64. The van der Waals surface area contributed by atoms with Crippen molar-refractivity contribution in [2.75, 3.05) is 23.8 Å². The van der Waals surface area contributed by atoms with Crippen LogP contribution >= 0.6 is 0 Å². The second kappa shape index (κ2) is 6.52. The fourth-order valence-corrected chi connectivity index (χ4v) is 3.70. The summed E-state index contributed by atoms with van der Waals surface area (Å²) in [6.45, 7) is 0. The summed E-state index contributed by atoms with van der Waals surface area (Å²) in [4.78, 5) is 17.0. The number of carbonyl (C=O) groups is 1. The van der Waals surface area contributed by atoms with Crippen molar-refractivity contribution in [3.63, 3.8) is 0 Å². The van der Waals surface area contributed by atoms with Crippen molar-refractivity contribution in [3.8, 4) is 11.3 Å². The number of rotatable bonds is 5. The van der Waals surface area contributed by atoms with Crippen molar-refractivity contribution in [3.05, 3.63) is 41.5 Å². The van der Waals surface area contributed by atoms with Gasteiger partial charge < -0.3 is 15.5 Å². The lowest BCUT2D eigenvalue weighted by molar-refractivity contribution is 0.0964. The van der Waals surface area contributed by atoms with Gasteiger partial charge in [-0.2, -0.15) is 4.98 Å². The molecular weight excluding hydrogens is 380 g/mol. The van der Waals surface area contributed by atoms with E-state index in [1.165, 1.54) is 0 Å². The van der Waals surface area contributed by atoms with Crippen molar-refractivity contribution < 1.29 is 17.6 Å². The van der Waals surface area contributed by atoms with Gasteiger partial charge in [0, 0.05) is 18.3 Å². The van der Waals surface area contributed by atoms with E-state index in [-0.39, 0.29) is 23.4 Å². The van der Waals surface area contributed by atoms with Crippen molar-refractivity contribution in [2.24, 2.45) is 0 Å². The zero-order valence-corrected chi connectivity index (χ0v) is 16.3. The van der Waals surface area contributed by atoms with E-state index >= 15 is 0 Å². The summed E-state index contributed by atoms with van der Waals surface area (Å²) in [5, 5.41) is 3.18. The molecule has 0 spiro atoms. The molecule has 3 aromatic rings. The molecule has 9 heteroatoms. The highest BCUT2D eigenvalue weighted by Crippen LogP contribution is 2.45. The normalized spacial score (nSPS) is 14.2. The lowest BCUT2D eigenvalue weighted by atomic mass is 10.0. The molecule has 4 N–H and O–H groups in total. The number of nitrogens with two attached hydrogens (primary N) is 1. The first-order valence-corrected chi connectivity index (χ1v) is 10.7. The first kappa shape index (κ1) is 18.3. The van der Waals surface area contributed by atoms with Gasteiger partial charge in [0.2, 0.25) is 15.7 Å². The molecule has 1 fully saturated rings. The van der Waals surface area contributed by atoms with Crippen LogP contribution in [-0.2, 0) is 10.0 Å². The van der Waals surface area contributed by atoms with Gasteiger partial charge in [0.25, 0.3) is 5.91 Å². The van der Waals surface area contributed by atoms with Crippen LogP contribution in [0.2, 0.25) is 0 Å². The van der Waals surface area contributed by atoms with E-state index in [2.05, 4.69) is 15.0 Å². The van der Waals surface area contributed by atoms with Crippen LogP contribution in [-0.4, -0.2) is 32.6 Å². The van der Waals surface area contributed by atoms with Crippen LogP contribution < -0.4 is 15.8 Å². The Balaban J connectivity index is 1.97. The Labute approximate surface area is 162 Å². The number of nitrogen functional groups attached to an aromatic ring is 1. The van der Waals surface area contributed by atoms with Gasteiger partial charge in [-0.15, -0.1) is 0 Å². The Morgan fingerprint density at radius 1 is 1.25 bits per heavy atom. The second-order valence-corrected chi connectivity index (χ2v) is 8.68.